The fourth-order valence-corrected chi connectivity index (χ4v) is 1.59. The van der Waals surface area contributed by atoms with Gasteiger partial charge in [-0.05, 0) is 26.0 Å². The number of halogens is 1. The van der Waals surface area contributed by atoms with Crippen molar-refractivity contribution in [2.75, 3.05) is 5.32 Å². The number of amides is 1. The van der Waals surface area contributed by atoms with Gasteiger partial charge in [0.1, 0.15) is 17.4 Å². The van der Waals surface area contributed by atoms with Crippen LogP contribution in [0, 0.1) is 17.1 Å². The number of nitrogens with one attached hydrogen (secondary N) is 1. The summed E-state index contributed by atoms with van der Waals surface area (Å²) in [6.07, 6.45) is 0.0916. The minimum Gasteiger partial charge on any atom is -0.378 e. The molecule has 5 heteroatoms. The van der Waals surface area contributed by atoms with Gasteiger partial charge < -0.3 is 11.1 Å². The first-order valence-corrected chi connectivity index (χ1v) is 5.11. The highest BCUT2D eigenvalue weighted by atomic mass is 19.1. The lowest BCUT2D eigenvalue weighted by molar-refractivity contribution is -0.118. The van der Waals surface area contributed by atoms with Crippen molar-refractivity contribution in [3.8, 4) is 6.07 Å². The quantitative estimate of drug-likeness (QED) is 0.834. The van der Waals surface area contributed by atoms with E-state index in [1.165, 1.54) is 12.1 Å². The van der Waals surface area contributed by atoms with Crippen LogP contribution in [0.3, 0.4) is 0 Å². The molecule has 1 aromatic rings. The molecule has 0 aliphatic heterocycles. The number of carbonyl (C=O) groups excluding carboxylic acids is 1. The molecule has 90 valence electrons. The minimum absolute atomic E-state index is 0.0648. The number of carbonyl (C=O) groups is 1. The Hall–Kier alpha value is -2.09. The maximum absolute atomic E-state index is 13.3. The number of nitriles is 1. The first-order chi connectivity index (χ1) is 7.85. The summed E-state index contributed by atoms with van der Waals surface area (Å²) in [5.74, 6) is -1.05. The van der Waals surface area contributed by atoms with Gasteiger partial charge in [0.05, 0.1) is 5.69 Å². The molecular formula is C12H14FN3O. The Kier molecular flexibility index (Phi) is 3.69. The number of benzene rings is 1. The molecule has 0 unspecified atom stereocenters. The van der Waals surface area contributed by atoms with Crippen molar-refractivity contribution in [1.82, 2.24) is 0 Å². The van der Waals surface area contributed by atoms with Crippen LogP contribution < -0.4 is 11.1 Å². The lowest BCUT2D eigenvalue weighted by atomic mass is 9.99. The standard InChI is InChI=1S/C12H14FN3O/c1-12(2,6-11(15)17)16-10-5-3-4-9(13)8(10)7-14/h3-5,16H,6H2,1-2H3,(H2,15,17). The molecule has 4 nitrogen and oxygen atoms in total. The molecule has 1 aromatic carbocycles. The number of anilines is 1. The van der Waals surface area contributed by atoms with Crippen molar-refractivity contribution in [2.24, 2.45) is 5.73 Å². The van der Waals surface area contributed by atoms with Crippen LogP contribution in [0.4, 0.5) is 10.1 Å². The molecule has 0 aliphatic carbocycles. The van der Waals surface area contributed by atoms with Crippen LogP contribution in [0.2, 0.25) is 0 Å². The van der Waals surface area contributed by atoms with Gasteiger partial charge in [-0.1, -0.05) is 6.07 Å². The zero-order chi connectivity index (χ0) is 13.1. The summed E-state index contributed by atoms with van der Waals surface area (Å²) in [5.41, 5.74) is 4.78. The summed E-state index contributed by atoms with van der Waals surface area (Å²) in [6, 6.07) is 6.09. The molecule has 0 atom stereocenters. The summed E-state index contributed by atoms with van der Waals surface area (Å²) >= 11 is 0. The predicted molar refractivity (Wildman–Crippen MR) is 62.6 cm³/mol. The SMILES string of the molecule is CC(C)(CC(N)=O)Nc1cccc(F)c1C#N. The Morgan fingerprint density at radius 3 is 2.76 bits per heavy atom. The molecular weight excluding hydrogens is 221 g/mol. The highest BCUT2D eigenvalue weighted by Gasteiger charge is 2.22. The van der Waals surface area contributed by atoms with Crippen molar-refractivity contribution in [3.05, 3.63) is 29.6 Å². The molecule has 0 bridgehead atoms. The van der Waals surface area contributed by atoms with Crippen LogP contribution in [0.15, 0.2) is 18.2 Å². The minimum atomic E-state index is -0.634. The van der Waals surface area contributed by atoms with Gasteiger partial charge in [0, 0.05) is 12.0 Å². The number of hydrogen-bond donors (Lipinski definition) is 2. The van der Waals surface area contributed by atoms with E-state index in [0.29, 0.717) is 5.69 Å². The number of hydrogen-bond acceptors (Lipinski definition) is 3. The van der Waals surface area contributed by atoms with Crippen molar-refractivity contribution >= 4 is 11.6 Å². The molecule has 0 saturated carbocycles. The van der Waals surface area contributed by atoms with Crippen LogP contribution in [-0.4, -0.2) is 11.4 Å². The molecule has 0 aliphatic rings. The molecule has 1 rings (SSSR count). The second-order valence-corrected chi connectivity index (χ2v) is 4.43. The van der Waals surface area contributed by atoms with Crippen molar-refractivity contribution < 1.29 is 9.18 Å². The Morgan fingerprint density at radius 2 is 2.24 bits per heavy atom. The van der Waals surface area contributed by atoms with E-state index in [1.807, 2.05) is 0 Å². The fourth-order valence-electron chi connectivity index (χ4n) is 1.59. The van der Waals surface area contributed by atoms with Crippen LogP contribution in [-0.2, 0) is 4.79 Å². The van der Waals surface area contributed by atoms with Crippen molar-refractivity contribution in [3.63, 3.8) is 0 Å². The molecule has 1 amide bonds. The first kappa shape index (κ1) is 13.0. The van der Waals surface area contributed by atoms with Crippen molar-refractivity contribution in [1.29, 1.82) is 5.26 Å². The van der Waals surface area contributed by atoms with Gasteiger partial charge in [0.2, 0.25) is 5.91 Å². The van der Waals surface area contributed by atoms with Gasteiger partial charge >= 0.3 is 0 Å². The van der Waals surface area contributed by atoms with Crippen LogP contribution >= 0.6 is 0 Å². The Labute approximate surface area is 99.2 Å². The zero-order valence-electron chi connectivity index (χ0n) is 9.75. The third-order valence-electron chi connectivity index (χ3n) is 2.21. The van der Waals surface area contributed by atoms with E-state index < -0.39 is 17.3 Å². The van der Waals surface area contributed by atoms with Gasteiger partial charge in [0.25, 0.3) is 0 Å². The summed E-state index contributed by atoms with van der Waals surface area (Å²) in [7, 11) is 0. The monoisotopic (exact) mass is 235 g/mol. The summed E-state index contributed by atoms with van der Waals surface area (Å²) in [5, 5.41) is 11.8. The molecule has 17 heavy (non-hydrogen) atoms. The normalized spacial score (nSPS) is 10.7. The first-order valence-electron chi connectivity index (χ1n) is 5.11. The molecule has 3 N–H and O–H groups in total. The Balaban J connectivity index is 3.00. The molecule has 0 saturated heterocycles. The van der Waals surface area contributed by atoms with Crippen LogP contribution in [0.5, 0.6) is 0 Å². The van der Waals surface area contributed by atoms with Gasteiger partial charge in [-0.15, -0.1) is 0 Å². The van der Waals surface area contributed by atoms with Gasteiger partial charge in [-0.2, -0.15) is 5.26 Å². The van der Waals surface area contributed by atoms with E-state index >= 15 is 0 Å². The van der Waals surface area contributed by atoms with Crippen molar-refractivity contribution in [2.45, 2.75) is 25.8 Å². The van der Waals surface area contributed by atoms with E-state index in [2.05, 4.69) is 5.32 Å². The lowest BCUT2D eigenvalue weighted by Gasteiger charge is -2.26. The highest BCUT2D eigenvalue weighted by molar-refractivity contribution is 5.76. The number of rotatable bonds is 4. The summed E-state index contributed by atoms with van der Waals surface area (Å²) < 4.78 is 13.3. The maximum Gasteiger partial charge on any atom is 0.219 e. The molecule has 0 heterocycles. The third-order valence-corrected chi connectivity index (χ3v) is 2.21. The largest absolute Gasteiger partial charge is 0.378 e. The number of primary amides is 1. The van der Waals surface area contributed by atoms with Crippen LogP contribution in [0.1, 0.15) is 25.8 Å². The van der Waals surface area contributed by atoms with Crippen LogP contribution in [0.25, 0.3) is 0 Å². The third kappa shape index (κ3) is 3.45. The average Bonchev–Trinajstić information content (AvgIpc) is 2.14. The number of nitrogens with zero attached hydrogens (tertiary/aromatic N) is 1. The van der Waals surface area contributed by atoms with Gasteiger partial charge in [-0.25, -0.2) is 4.39 Å². The van der Waals surface area contributed by atoms with Gasteiger partial charge in [-0.3, -0.25) is 4.79 Å². The lowest BCUT2D eigenvalue weighted by Crippen LogP contribution is -2.36. The highest BCUT2D eigenvalue weighted by Crippen LogP contribution is 2.23. The Bertz CT molecular complexity index is 477. The van der Waals surface area contributed by atoms with E-state index in [9.17, 15) is 9.18 Å². The summed E-state index contributed by atoms with van der Waals surface area (Å²) in [6.45, 7) is 3.51. The smallest absolute Gasteiger partial charge is 0.219 e. The molecule has 0 fully saturated rings. The molecule has 0 radical (unpaired) electrons. The van der Waals surface area contributed by atoms with Gasteiger partial charge in [0.15, 0.2) is 0 Å². The maximum atomic E-state index is 13.3. The second-order valence-electron chi connectivity index (χ2n) is 4.43. The topological polar surface area (TPSA) is 78.9 Å². The fraction of sp³-hybridized carbons (Fsp3) is 0.333. The molecule has 0 spiro atoms. The Morgan fingerprint density at radius 1 is 1.59 bits per heavy atom. The van der Waals surface area contributed by atoms with E-state index in [1.54, 1.807) is 26.0 Å². The number of nitrogens with two attached hydrogens (primary N) is 1. The zero-order valence-corrected chi connectivity index (χ0v) is 9.75. The van der Waals surface area contributed by atoms with E-state index in [0.717, 1.165) is 0 Å². The average molecular weight is 235 g/mol. The van der Waals surface area contributed by atoms with E-state index in [-0.39, 0.29) is 12.0 Å². The van der Waals surface area contributed by atoms with E-state index in [4.69, 9.17) is 11.0 Å². The second kappa shape index (κ2) is 4.83. The predicted octanol–water partition coefficient (Wildman–Crippen LogP) is 1.76. The summed E-state index contributed by atoms with van der Waals surface area (Å²) in [4.78, 5) is 10.9. The molecule has 0 aromatic heterocycles.